The summed E-state index contributed by atoms with van der Waals surface area (Å²) in [6, 6.07) is 9.00. The number of likely N-dealkylation sites (N-methyl/N-ethyl adjacent to an activating group) is 1. The first-order valence-electron chi connectivity index (χ1n) is 7.97. The van der Waals surface area contributed by atoms with Crippen LogP contribution >= 0.6 is 0 Å². The molecule has 2 N–H and O–H groups in total. The second-order valence-corrected chi connectivity index (χ2v) is 5.75. The molecule has 0 unspecified atom stereocenters. The molecule has 2 aromatic rings. The van der Waals surface area contributed by atoms with Gasteiger partial charge in [-0.2, -0.15) is 0 Å². The molecule has 0 aliphatic carbocycles. The van der Waals surface area contributed by atoms with Crippen LogP contribution in [-0.2, 0) is 6.54 Å². The zero-order valence-electron chi connectivity index (χ0n) is 15.0. The summed E-state index contributed by atoms with van der Waals surface area (Å²) in [7, 11) is 7.05. The Bertz CT molecular complexity index is 671. The summed E-state index contributed by atoms with van der Waals surface area (Å²) in [5.74, 6) is 2.10. The lowest BCUT2D eigenvalue weighted by Gasteiger charge is -2.22. The van der Waals surface area contributed by atoms with E-state index in [1.165, 1.54) is 0 Å². The number of nitrogens with one attached hydrogen (secondary N) is 2. The van der Waals surface area contributed by atoms with Gasteiger partial charge in [-0.15, -0.1) is 0 Å². The van der Waals surface area contributed by atoms with Crippen molar-refractivity contribution in [1.29, 1.82) is 0 Å². The van der Waals surface area contributed by atoms with E-state index in [4.69, 9.17) is 13.9 Å². The van der Waals surface area contributed by atoms with Crippen LogP contribution in [-0.4, -0.2) is 45.8 Å². The SMILES string of the molecule is COc1ccc(CNC(=O)NC[C@H](c2ccco2)N(C)C)cc1OC. The predicted molar refractivity (Wildman–Crippen MR) is 94.9 cm³/mol. The van der Waals surface area contributed by atoms with E-state index in [9.17, 15) is 4.79 Å². The largest absolute Gasteiger partial charge is 0.493 e. The van der Waals surface area contributed by atoms with Gasteiger partial charge in [0.25, 0.3) is 0 Å². The number of benzene rings is 1. The van der Waals surface area contributed by atoms with E-state index in [0.717, 1.165) is 11.3 Å². The average molecular weight is 347 g/mol. The van der Waals surface area contributed by atoms with Gasteiger partial charge in [-0.25, -0.2) is 4.79 Å². The first kappa shape index (κ1) is 18.7. The molecule has 0 aliphatic rings. The second-order valence-electron chi connectivity index (χ2n) is 5.75. The number of rotatable bonds is 8. The highest BCUT2D eigenvalue weighted by atomic mass is 16.5. The van der Waals surface area contributed by atoms with Gasteiger partial charge in [-0.05, 0) is 43.9 Å². The summed E-state index contributed by atoms with van der Waals surface area (Å²) in [5, 5.41) is 5.70. The maximum Gasteiger partial charge on any atom is 0.315 e. The van der Waals surface area contributed by atoms with Crippen LogP contribution in [0.1, 0.15) is 17.4 Å². The van der Waals surface area contributed by atoms with Gasteiger partial charge in [0, 0.05) is 13.1 Å². The Morgan fingerprint density at radius 2 is 1.92 bits per heavy atom. The zero-order valence-corrected chi connectivity index (χ0v) is 15.0. The Labute approximate surface area is 147 Å². The number of carbonyl (C=O) groups is 1. The molecule has 0 fully saturated rings. The molecule has 7 heteroatoms. The summed E-state index contributed by atoms with van der Waals surface area (Å²) >= 11 is 0. The monoisotopic (exact) mass is 347 g/mol. The van der Waals surface area contributed by atoms with Crippen LogP contribution in [0.25, 0.3) is 0 Å². The molecule has 0 spiro atoms. The lowest BCUT2D eigenvalue weighted by atomic mass is 10.2. The number of urea groups is 1. The number of ether oxygens (including phenoxy) is 2. The zero-order chi connectivity index (χ0) is 18.2. The molecule has 0 bridgehead atoms. The molecule has 1 aromatic heterocycles. The van der Waals surface area contributed by atoms with Crippen LogP contribution < -0.4 is 20.1 Å². The van der Waals surface area contributed by atoms with Crippen molar-refractivity contribution in [2.75, 3.05) is 34.9 Å². The molecule has 0 radical (unpaired) electrons. The van der Waals surface area contributed by atoms with Crippen LogP contribution in [0.2, 0.25) is 0 Å². The minimum absolute atomic E-state index is 0.0261. The topological polar surface area (TPSA) is 76.0 Å². The van der Waals surface area contributed by atoms with Crippen LogP contribution in [0, 0.1) is 0 Å². The lowest BCUT2D eigenvalue weighted by Crippen LogP contribution is -2.40. The van der Waals surface area contributed by atoms with E-state index in [2.05, 4.69) is 10.6 Å². The number of hydrogen-bond donors (Lipinski definition) is 2. The van der Waals surface area contributed by atoms with Gasteiger partial charge in [-0.3, -0.25) is 4.90 Å². The van der Waals surface area contributed by atoms with Gasteiger partial charge < -0.3 is 24.5 Å². The van der Waals surface area contributed by atoms with Gasteiger partial charge in [0.05, 0.1) is 26.5 Å². The van der Waals surface area contributed by atoms with E-state index < -0.39 is 0 Å². The van der Waals surface area contributed by atoms with Gasteiger partial charge >= 0.3 is 6.03 Å². The van der Waals surface area contributed by atoms with Gasteiger partial charge in [0.15, 0.2) is 11.5 Å². The molecule has 7 nitrogen and oxygen atoms in total. The molecule has 2 rings (SSSR count). The normalized spacial score (nSPS) is 11.9. The summed E-state index contributed by atoms with van der Waals surface area (Å²) in [6.45, 7) is 0.831. The second kappa shape index (κ2) is 8.98. The van der Waals surface area contributed by atoms with Crippen molar-refractivity contribution >= 4 is 6.03 Å². The van der Waals surface area contributed by atoms with E-state index in [-0.39, 0.29) is 12.1 Å². The summed E-state index contributed by atoms with van der Waals surface area (Å²) in [4.78, 5) is 14.1. The molecule has 0 saturated carbocycles. The molecule has 2 amide bonds. The lowest BCUT2D eigenvalue weighted by molar-refractivity contribution is 0.225. The average Bonchev–Trinajstić information content (AvgIpc) is 3.13. The highest BCUT2D eigenvalue weighted by Gasteiger charge is 2.17. The molecule has 25 heavy (non-hydrogen) atoms. The molecule has 136 valence electrons. The fourth-order valence-corrected chi connectivity index (χ4v) is 2.44. The number of furan rings is 1. The highest BCUT2D eigenvalue weighted by Crippen LogP contribution is 2.27. The summed E-state index contributed by atoms with van der Waals surface area (Å²) in [6.07, 6.45) is 1.63. The third-order valence-corrected chi connectivity index (χ3v) is 3.85. The van der Waals surface area contributed by atoms with Crippen LogP contribution in [0.3, 0.4) is 0 Å². The van der Waals surface area contributed by atoms with Crippen LogP contribution in [0.15, 0.2) is 41.0 Å². The van der Waals surface area contributed by atoms with E-state index >= 15 is 0 Å². The Morgan fingerprint density at radius 1 is 1.16 bits per heavy atom. The summed E-state index contributed by atoms with van der Waals surface area (Å²) < 4.78 is 15.9. The van der Waals surface area contributed by atoms with Crippen LogP contribution in [0.5, 0.6) is 11.5 Å². The number of methoxy groups -OCH3 is 2. The minimum atomic E-state index is -0.242. The highest BCUT2D eigenvalue weighted by molar-refractivity contribution is 5.73. The molecule has 1 atom stereocenters. The molecule has 1 heterocycles. The number of nitrogens with zero attached hydrogens (tertiary/aromatic N) is 1. The van der Waals surface area contributed by atoms with Crippen molar-refractivity contribution in [2.24, 2.45) is 0 Å². The smallest absolute Gasteiger partial charge is 0.315 e. The number of carbonyl (C=O) groups excluding carboxylic acids is 1. The standard InChI is InChI=1S/C18H25N3O4/c1-21(2)14(15-6-5-9-25-15)12-20-18(22)19-11-13-7-8-16(23-3)17(10-13)24-4/h5-10,14H,11-12H2,1-4H3,(H2,19,20,22)/t14-/m1/s1. The van der Waals surface area contributed by atoms with E-state index in [0.29, 0.717) is 24.6 Å². The van der Waals surface area contributed by atoms with Crippen molar-refractivity contribution in [2.45, 2.75) is 12.6 Å². The maximum absolute atomic E-state index is 12.1. The Hall–Kier alpha value is -2.67. The predicted octanol–water partition coefficient (Wildman–Crippen LogP) is 2.40. The van der Waals surface area contributed by atoms with Crippen LogP contribution in [0.4, 0.5) is 4.79 Å². The molecular formula is C18H25N3O4. The van der Waals surface area contributed by atoms with E-state index in [1.54, 1.807) is 20.5 Å². The minimum Gasteiger partial charge on any atom is -0.493 e. The van der Waals surface area contributed by atoms with Crippen molar-refractivity contribution < 1.29 is 18.7 Å². The van der Waals surface area contributed by atoms with Gasteiger partial charge in [0.1, 0.15) is 5.76 Å². The first-order chi connectivity index (χ1) is 12.0. The third-order valence-electron chi connectivity index (χ3n) is 3.85. The third kappa shape index (κ3) is 5.15. The molecule has 0 saturated heterocycles. The molecular weight excluding hydrogens is 322 g/mol. The maximum atomic E-state index is 12.1. The van der Waals surface area contributed by atoms with Gasteiger partial charge in [0.2, 0.25) is 0 Å². The molecule has 1 aromatic carbocycles. The molecule has 0 aliphatic heterocycles. The fourth-order valence-electron chi connectivity index (χ4n) is 2.44. The Morgan fingerprint density at radius 3 is 2.52 bits per heavy atom. The van der Waals surface area contributed by atoms with Crippen molar-refractivity contribution in [1.82, 2.24) is 15.5 Å². The number of hydrogen-bond acceptors (Lipinski definition) is 5. The quantitative estimate of drug-likeness (QED) is 0.767. The fraction of sp³-hybridized carbons (Fsp3) is 0.389. The van der Waals surface area contributed by atoms with Crippen molar-refractivity contribution in [3.05, 3.63) is 47.9 Å². The van der Waals surface area contributed by atoms with Crippen molar-refractivity contribution in [3.63, 3.8) is 0 Å². The van der Waals surface area contributed by atoms with Crippen molar-refractivity contribution in [3.8, 4) is 11.5 Å². The Balaban J connectivity index is 1.86. The first-order valence-corrected chi connectivity index (χ1v) is 7.97. The summed E-state index contributed by atoms with van der Waals surface area (Å²) in [5.41, 5.74) is 0.919. The van der Waals surface area contributed by atoms with E-state index in [1.807, 2.05) is 49.3 Å². The van der Waals surface area contributed by atoms with Gasteiger partial charge in [-0.1, -0.05) is 6.07 Å². The Kier molecular flexibility index (Phi) is 6.71. The number of amides is 2.